The van der Waals surface area contributed by atoms with E-state index in [0.717, 1.165) is 45.7 Å². The smallest absolute Gasteiger partial charge is 0.338 e. The molecule has 1 saturated heterocycles. The van der Waals surface area contributed by atoms with Crippen molar-refractivity contribution in [2.24, 2.45) is 0 Å². The van der Waals surface area contributed by atoms with Crippen LogP contribution in [-0.2, 0) is 4.74 Å². The standard InChI is InChI=1S/C32H45N3O9/c1-38-25-18-22-19-28(30(25)42-5)43-17-6-8-24(9-13-34-11-7-12-35(16-15-34)14-10-33-31(22)36)44-32(37)23-20-26(39-2)29(41-4)27(21-23)40-3/h18-21,24H,6-17H2,1-5H3,(H,33,36). The minimum atomic E-state index is -0.468. The highest BCUT2D eigenvalue weighted by Crippen LogP contribution is 2.39. The van der Waals surface area contributed by atoms with Crippen molar-refractivity contribution in [3.63, 3.8) is 0 Å². The van der Waals surface area contributed by atoms with Crippen LogP contribution in [0.1, 0.15) is 46.4 Å². The molecule has 2 aromatic carbocycles. The van der Waals surface area contributed by atoms with E-state index in [9.17, 15) is 9.59 Å². The van der Waals surface area contributed by atoms with Gasteiger partial charge in [0, 0.05) is 38.3 Å². The van der Waals surface area contributed by atoms with E-state index in [2.05, 4.69) is 15.1 Å². The third-order valence-corrected chi connectivity index (χ3v) is 7.97. The molecule has 2 aliphatic heterocycles. The zero-order valence-electron chi connectivity index (χ0n) is 26.4. The number of esters is 1. The third-order valence-electron chi connectivity index (χ3n) is 7.97. The Morgan fingerprint density at radius 1 is 0.750 bits per heavy atom. The molecule has 2 aliphatic rings. The molecule has 3 unspecified atom stereocenters. The Morgan fingerprint density at radius 3 is 2.02 bits per heavy atom. The second kappa shape index (κ2) is 16.2. The van der Waals surface area contributed by atoms with Gasteiger partial charge in [-0.2, -0.15) is 0 Å². The van der Waals surface area contributed by atoms with E-state index in [1.54, 1.807) is 24.3 Å². The Kier molecular flexibility index (Phi) is 12.2. The van der Waals surface area contributed by atoms with Gasteiger partial charge in [0.15, 0.2) is 23.0 Å². The number of hydrogen-bond acceptors (Lipinski definition) is 11. The topological polar surface area (TPSA) is 117 Å². The fourth-order valence-corrected chi connectivity index (χ4v) is 5.57. The van der Waals surface area contributed by atoms with E-state index in [4.69, 9.17) is 33.2 Å². The molecule has 44 heavy (non-hydrogen) atoms. The Morgan fingerprint density at radius 2 is 1.39 bits per heavy atom. The van der Waals surface area contributed by atoms with Gasteiger partial charge in [0.1, 0.15) is 6.10 Å². The minimum Gasteiger partial charge on any atom is -0.493 e. The maximum absolute atomic E-state index is 13.4. The van der Waals surface area contributed by atoms with Gasteiger partial charge in [0.05, 0.1) is 47.7 Å². The number of hydrogen-bond donors (Lipinski definition) is 1. The molecule has 1 amide bonds. The van der Waals surface area contributed by atoms with Gasteiger partial charge in [0.2, 0.25) is 11.5 Å². The normalized spacial score (nSPS) is 21.4. The largest absolute Gasteiger partial charge is 0.493 e. The van der Waals surface area contributed by atoms with E-state index < -0.39 is 5.97 Å². The van der Waals surface area contributed by atoms with E-state index in [-0.39, 0.29) is 12.0 Å². The van der Waals surface area contributed by atoms with E-state index in [0.29, 0.717) is 78.0 Å². The van der Waals surface area contributed by atoms with Crippen molar-refractivity contribution >= 4 is 11.9 Å². The Hall–Kier alpha value is -3.90. The first kappa shape index (κ1) is 33.0. The highest BCUT2D eigenvalue weighted by atomic mass is 16.6. The Balaban J connectivity index is 1.55. The van der Waals surface area contributed by atoms with Gasteiger partial charge in [-0.25, -0.2) is 4.79 Å². The van der Waals surface area contributed by atoms with Gasteiger partial charge in [-0.05, 0) is 63.0 Å². The lowest BCUT2D eigenvalue weighted by Gasteiger charge is -2.25. The van der Waals surface area contributed by atoms with Crippen LogP contribution >= 0.6 is 0 Å². The fraction of sp³-hybridized carbons (Fsp3) is 0.562. The van der Waals surface area contributed by atoms with Crippen molar-refractivity contribution in [3.8, 4) is 34.5 Å². The summed E-state index contributed by atoms with van der Waals surface area (Å²) in [5, 5.41) is 3.03. The number of nitrogens with zero attached hydrogens (tertiary/aromatic N) is 2. The molecule has 0 aliphatic carbocycles. The number of methoxy groups -OCH3 is 5. The summed E-state index contributed by atoms with van der Waals surface area (Å²) in [7, 11) is 7.59. The Bertz CT molecular complexity index is 1250. The molecular formula is C32H45N3O9. The van der Waals surface area contributed by atoms with Crippen molar-refractivity contribution in [2.45, 2.75) is 31.8 Å². The molecule has 0 radical (unpaired) electrons. The minimum absolute atomic E-state index is 0.202. The lowest BCUT2D eigenvalue weighted by molar-refractivity contribution is 0.0221. The molecule has 4 bridgehead atoms. The summed E-state index contributed by atoms with van der Waals surface area (Å²) in [6, 6.07) is 6.52. The van der Waals surface area contributed by atoms with Gasteiger partial charge in [-0.1, -0.05) is 0 Å². The van der Waals surface area contributed by atoms with Crippen LogP contribution in [0, 0.1) is 0 Å². The number of nitrogens with one attached hydrogen (secondary N) is 1. The average Bonchev–Trinajstić information content (AvgIpc) is 3.28. The van der Waals surface area contributed by atoms with Crippen LogP contribution in [0.25, 0.3) is 0 Å². The summed E-state index contributed by atoms with van der Waals surface area (Å²) in [5.74, 6) is 1.73. The molecule has 0 saturated carbocycles. The summed E-state index contributed by atoms with van der Waals surface area (Å²) in [4.78, 5) is 31.2. The van der Waals surface area contributed by atoms with Gasteiger partial charge in [0.25, 0.3) is 5.91 Å². The zero-order chi connectivity index (χ0) is 31.5. The molecule has 3 atom stereocenters. The molecule has 1 fully saturated rings. The summed E-state index contributed by atoms with van der Waals surface area (Å²) in [5.41, 5.74) is 0.741. The maximum atomic E-state index is 13.4. The molecule has 0 aromatic heterocycles. The third kappa shape index (κ3) is 8.38. The van der Waals surface area contributed by atoms with Crippen molar-refractivity contribution in [2.75, 3.05) is 88.0 Å². The van der Waals surface area contributed by atoms with Crippen molar-refractivity contribution in [3.05, 3.63) is 35.4 Å². The summed E-state index contributed by atoms with van der Waals surface area (Å²) < 4.78 is 39.5. The molecule has 0 spiro atoms. The van der Waals surface area contributed by atoms with Crippen molar-refractivity contribution in [1.82, 2.24) is 15.1 Å². The highest BCUT2D eigenvalue weighted by Gasteiger charge is 2.24. The van der Waals surface area contributed by atoms with Crippen LogP contribution in [-0.4, -0.2) is 116 Å². The SMILES string of the molecule is COc1cc(C(=O)OC2CCCOc3cc(cc(OC)c3OC)C(=O)NCCN3CCCN(CC2)CC3)cc(OC)c1OC. The number of carbonyl (C=O) groups excluding carboxylic acids is 2. The molecule has 12 heteroatoms. The predicted octanol–water partition coefficient (Wildman–Crippen LogP) is 3.26. The van der Waals surface area contributed by atoms with Gasteiger partial charge >= 0.3 is 5.97 Å². The van der Waals surface area contributed by atoms with Crippen LogP contribution in [0.4, 0.5) is 0 Å². The van der Waals surface area contributed by atoms with Crippen LogP contribution in [0.3, 0.4) is 0 Å². The lowest BCUT2D eigenvalue weighted by atomic mass is 10.1. The monoisotopic (exact) mass is 615 g/mol. The van der Waals surface area contributed by atoms with Crippen LogP contribution in [0.5, 0.6) is 34.5 Å². The average molecular weight is 616 g/mol. The number of rotatable bonds is 7. The van der Waals surface area contributed by atoms with Crippen LogP contribution in [0.2, 0.25) is 0 Å². The van der Waals surface area contributed by atoms with E-state index in [1.165, 1.54) is 35.5 Å². The summed E-state index contributed by atoms with van der Waals surface area (Å²) in [6.45, 7) is 6.13. The molecule has 2 aromatic rings. The van der Waals surface area contributed by atoms with Gasteiger partial charge in [-0.15, -0.1) is 0 Å². The lowest BCUT2D eigenvalue weighted by Crippen LogP contribution is -2.37. The van der Waals surface area contributed by atoms with E-state index in [1.807, 2.05) is 0 Å². The first-order valence-corrected chi connectivity index (χ1v) is 15.0. The van der Waals surface area contributed by atoms with Gasteiger partial charge in [-0.3, -0.25) is 4.79 Å². The molecule has 2 heterocycles. The molecule has 12 nitrogen and oxygen atoms in total. The number of carbonyl (C=O) groups is 2. The number of benzene rings is 2. The zero-order valence-corrected chi connectivity index (χ0v) is 26.4. The quantitative estimate of drug-likeness (QED) is 0.463. The first-order chi connectivity index (χ1) is 21.4. The molecule has 242 valence electrons. The maximum Gasteiger partial charge on any atom is 0.338 e. The number of ether oxygens (including phenoxy) is 7. The fourth-order valence-electron chi connectivity index (χ4n) is 5.57. The predicted molar refractivity (Wildman–Crippen MR) is 164 cm³/mol. The molecule has 1 N–H and O–H groups in total. The summed E-state index contributed by atoms with van der Waals surface area (Å²) in [6.07, 6.45) is 2.53. The van der Waals surface area contributed by atoms with Crippen molar-refractivity contribution < 1.29 is 42.7 Å². The highest BCUT2D eigenvalue weighted by molar-refractivity contribution is 5.95. The van der Waals surface area contributed by atoms with Crippen molar-refractivity contribution in [1.29, 1.82) is 0 Å². The van der Waals surface area contributed by atoms with Crippen LogP contribution in [0.15, 0.2) is 24.3 Å². The second-order valence-electron chi connectivity index (χ2n) is 10.7. The number of amides is 1. The first-order valence-electron chi connectivity index (χ1n) is 15.0. The molecule has 4 rings (SSSR count). The second-order valence-corrected chi connectivity index (χ2v) is 10.7. The molecular weight excluding hydrogens is 570 g/mol. The van der Waals surface area contributed by atoms with Gasteiger partial charge < -0.3 is 48.3 Å². The van der Waals surface area contributed by atoms with Crippen LogP contribution < -0.4 is 33.7 Å². The Labute approximate surface area is 259 Å². The van der Waals surface area contributed by atoms with E-state index >= 15 is 0 Å². The number of fused-ring (bicyclic) bond motifs is 5. The summed E-state index contributed by atoms with van der Waals surface area (Å²) >= 11 is 0.